The molecule has 1 atom stereocenters. The van der Waals surface area contributed by atoms with Gasteiger partial charge in [0.15, 0.2) is 12.8 Å². The molecule has 0 spiro atoms. The number of aliphatic hydroxyl groups is 1. The highest BCUT2D eigenvalue weighted by molar-refractivity contribution is 5.51. The van der Waals surface area contributed by atoms with Gasteiger partial charge in [0.05, 0.1) is 6.10 Å². The third kappa shape index (κ3) is 6.86. The lowest BCUT2D eigenvalue weighted by Gasteiger charge is -2.03. The highest BCUT2D eigenvalue weighted by Crippen LogP contribution is 2.00. The smallest absolute Gasteiger partial charge is 0.178 e. The first-order valence-electron chi connectivity index (χ1n) is 6.34. The van der Waals surface area contributed by atoms with Crippen molar-refractivity contribution in [1.29, 1.82) is 0 Å². The van der Waals surface area contributed by atoms with E-state index in [1.165, 1.54) is 0 Å². The summed E-state index contributed by atoms with van der Waals surface area (Å²) in [7, 11) is 0. The van der Waals surface area contributed by atoms with Gasteiger partial charge in [0, 0.05) is 12.0 Å². The first kappa shape index (κ1) is 14.5. The van der Waals surface area contributed by atoms with Gasteiger partial charge in [-0.05, 0) is 19.8 Å². The molecule has 0 saturated heterocycles. The van der Waals surface area contributed by atoms with E-state index in [-0.39, 0.29) is 6.10 Å². The minimum absolute atomic E-state index is 0.386. The summed E-state index contributed by atoms with van der Waals surface area (Å²) in [6, 6.07) is 9.71. The van der Waals surface area contributed by atoms with Crippen LogP contribution in [-0.2, 0) is 6.54 Å². The van der Waals surface area contributed by atoms with Crippen molar-refractivity contribution in [3.63, 3.8) is 0 Å². The first-order valence-corrected chi connectivity index (χ1v) is 6.34. The molecule has 0 amide bonds. The quantitative estimate of drug-likeness (QED) is 0.201. The predicted octanol–water partition coefficient (Wildman–Crippen LogP) is 2.88. The molecule has 0 aliphatic heterocycles. The standard InChI is InChI=1S/C15H21NO2/c1-14(17)9-5-2-3-8-12-16(18)13-15-10-6-4-7-11-15/h4-7,9-12,14,17H,2-3,8,13H2,1H3/b9-5+,16-12-/t14-/m1/s1. The van der Waals surface area contributed by atoms with Gasteiger partial charge in [-0.2, -0.15) is 0 Å². The third-order valence-electron chi connectivity index (χ3n) is 2.50. The molecule has 0 unspecified atom stereocenters. The summed E-state index contributed by atoms with van der Waals surface area (Å²) in [6.07, 6.45) is 7.59. The molecule has 0 radical (unpaired) electrons. The Kier molecular flexibility index (Phi) is 6.81. The van der Waals surface area contributed by atoms with Gasteiger partial charge in [-0.3, -0.25) is 0 Å². The molecule has 3 heteroatoms. The topological polar surface area (TPSA) is 46.3 Å². The van der Waals surface area contributed by atoms with E-state index in [0.29, 0.717) is 6.54 Å². The number of rotatable bonds is 7. The fourth-order valence-electron chi connectivity index (χ4n) is 1.59. The van der Waals surface area contributed by atoms with Crippen LogP contribution < -0.4 is 0 Å². The lowest BCUT2D eigenvalue weighted by molar-refractivity contribution is -0.471. The normalized spacial score (nSPS) is 14.0. The monoisotopic (exact) mass is 247 g/mol. The Hall–Kier alpha value is -1.61. The summed E-state index contributed by atoms with van der Waals surface area (Å²) in [6.45, 7) is 2.13. The number of benzene rings is 1. The van der Waals surface area contributed by atoms with E-state index in [0.717, 1.165) is 29.6 Å². The zero-order valence-electron chi connectivity index (χ0n) is 10.8. The number of aliphatic hydroxyl groups excluding tert-OH is 1. The molecule has 0 aliphatic rings. The summed E-state index contributed by atoms with van der Waals surface area (Å²) in [4.78, 5) is 0. The second-order valence-corrected chi connectivity index (χ2v) is 4.34. The Balaban J connectivity index is 2.22. The molecule has 0 heterocycles. The molecule has 0 saturated carbocycles. The molecular weight excluding hydrogens is 226 g/mol. The maximum absolute atomic E-state index is 11.6. The van der Waals surface area contributed by atoms with Crippen molar-refractivity contribution < 1.29 is 9.85 Å². The number of hydrogen-bond acceptors (Lipinski definition) is 2. The molecular formula is C15H21NO2. The van der Waals surface area contributed by atoms with Gasteiger partial charge in [-0.1, -0.05) is 42.5 Å². The molecule has 0 fully saturated rings. The zero-order valence-corrected chi connectivity index (χ0v) is 10.8. The van der Waals surface area contributed by atoms with Crippen molar-refractivity contribution >= 4 is 6.21 Å². The minimum Gasteiger partial charge on any atom is -0.624 e. The van der Waals surface area contributed by atoms with Gasteiger partial charge in [0.2, 0.25) is 0 Å². The number of hydroxylamine groups is 1. The molecule has 1 aromatic rings. The van der Waals surface area contributed by atoms with Crippen LogP contribution in [-0.4, -0.2) is 22.2 Å². The SMILES string of the molecule is C[C@@H](O)/C=C/CCC/C=[N+](\[O-])Cc1ccccc1. The summed E-state index contributed by atoms with van der Waals surface area (Å²) in [5.41, 5.74) is 1.03. The van der Waals surface area contributed by atoms with Crippen molar-refractivity contribution in [2.45, 2.75) is 38.8 Å². The van der Waals surface area contributed by atoms with Crippen LogP contribution in [0.15, 0.2) is 42.5 Å². The van der Waals surface area contributed by atoms with Gasteiger partial charge in [-0.15, -0.1) is 0 Å². The third-order valence-corrected chi connectivity index (χ3v) is 2.50. The fraction of sp³-hybridized carbons (Fsp3) is 0.400. The summed E-state index contributed by atoms with van der Waals surface area (Å²) in [5, 5.41) is 20.6. The van der Waals surface area contributed by atoms with Crippen LogP contribution in [0, 0.1) is 5.21 Å². The first-order chi connectivity index (χ1) is 8.68. The molecule has 1 N–H and O–H groups in total. The minimum atomic E-state index is -0.386. The van der Waals surface area contributed by atoms with E-state index < -0.39 is 0 Å². The van der Waals surface area contributed by atoms with E-state index in [9.17, 15) is 5.21 Å². The summed E-state index contributed by atoms with van der Waals surface area (Å²) >= 11 is 0. The van der Waals surface area contributed by atoms with E-state index in [1.807, 2.05) is 36.4 Å². The Labute approximate surface area is 109 Å². The molecule has 1 aromatic carbocycles. The lowest BCUT2D eigenvalue weighted by atomic mass is 10.2. The number of unbranched alkanes of at least 4 members (excludes halogenated alkanes) is 2. The van der Waals surface area contributed by atoms with Crippen LogP contribution in [0.2, 0.25) is 0 Å². The Morgan fingerprint density at radius 3 is 2.67 bits per heavy atom. The Bertz CT molecular complexity index is 383. The molecule has 18 heavy (non-hydrogen) atoms. The summed E-state index contributed by atoms with van der Waals surface area (Å²) < 4.78 is 0.980. The lowest BCUT2D eigenvalue weighted by Crippen LogP contribution is -2.04. The second-order valence-electron chi connectivity index (χ2n) is 4.34. The molecule has 3 nitrogen and oxygen atoms in total. The average molecular weight is 247 g/mol. The molecule has 1 rings (SSSR count). The van der Waals surface area contributed by atoms with Gasteiger partial charge in [0.25, 0.3) is 0 Å². The van der Waals surface area contributed by atoms with Crippen molar-refractivity contribution in [1.82, 2.24) is 0 Å². The molecule has 0 bridgehead atoms. The van der Waals surface area contributed by atoms with Crippen molar-refractivity contribution in [3.05, 3.63) is 53.3 Å². The highest BCUT2D eigenvalue weighted by atomic mass is 16.5. The molecule has 98 valence electrons. The largest absolute Gasteiger partial charge is 0.624 e. The molecule has 0 aromatic heterocycles. The van der Waals surface area contributed by atoms with Crippen LogP contribution in [0.5, 0.6) is 0 Å². The van der Waals surface area contributed by atoms with E-state index in [1.54, 1.807) is 19.2 Å². The van der Waals surface area contributed by atoms with E-state index >= 15 is 0 Å². The van der Waals surface area contributed by atoms with Crippen LogP contribution in [0.1, 0.15) is 31.7 Å². The van der Waals surface area contributed by atoms with Crippen molar-refractivity contribution in [2.24, 2.45) is 0 Å². The zero-order chi connectivity index (χ0) is 13.2. The van der Waals surface area contributed by atoms with Crippen LogP contribution >= 0.6 is 0 Å². The molecule has 0 aliphatic carbocycles. The summed E-state index contributed by atoms with van der Waals surface area (Å²) in [5.74, 6) is 0. The highest BCUT2D eigenvalue weighted by Gasteiger charge is 1.96. The maximum atomic E-state index is 11.6. The van der Waals surface area contributed by atoms with E-state index in [2.05, 4.69) is 0 Å². The van der Waals surface area contributed by atoms with Crippen LogP contribution in [0.3, 0.4) is 0 Å². The van der Waals surface area contributed by atoms with E-state index in [4.69, 9.17) is 5.11 Å². The number of allylic oxidation sites excluding steroid dienone is 1. The van der Waals surface area contributed by atoms with Crippen LogP contribution in [0.25, 0.3) is 0 Å². The van der Waals surface area contributed by atoms with Crippen LogP contribution in [0.4, 0.5) is 0 Å². The fourth-order valence-corrected chi connectivity index (χ4v) is 1.59. The predicted molar refractivity (Wildman–Crippen MR) is 74.5 cm³/mol. The number of nitrogens with zero attached hydrogens (tertiary/aromatic N) is 1. The van der Waals surface area contributed by atoms with Crippen molar-refractivity contribution in [2.75, 3.05) is 0 Å². The maximum Gasteiger partial charge on any atom is 0.178 e. The second kappa shape index (κ2) is 8.48. The van der Waals surface area contributed by atoms with Gasteiger partial charge >= 0.3 is 0 Å². The Morgan fingerprint density at radius 1 is 1.28 bits per heavy atom. The van der Waals surface area contributed by atoms with Gasteiger partial charge in [-0.25, -0.2) is 4.74 Å². The van der Waals surface area contributed by atoms with Crippen molar-refractivity contribution in [3.8, 4) is 0 Å². The van der Waals surface area contributed by atoms with Gasteiger partial charge in [0.1, 0.15) is 0 Å². The van der Waals surface area contributed by atoms with Gasteiger partial charge < -0.3 is 10.3 Å². The average Bonchev–Trinajstić information content (AvgIpc) is 2.34. The number of hydrogen-bond donors (Lipinski definition) is 1. The Morgan fingerprint density at radius 2 is 2.00 bits per heavy atom.